The van der Waals surface area contributed by atoms with Crippen molar-refractivity contribution in [1.29, 1.82) is 0 Å². The van der Waals surface area contributed by atoms with Crippen LogP contribution in [0, 0.1) is 11.8 Å². The lowest BCUT2D eigenvalue weighted by Gasteiger charge is -2.33. The Morgan fingerprint density at radius 3 is 2.56 bits per heavy atom. The molecule has 0 bridgehead atoms. The summed E-state index contributed by atoms with van der Waals surface area (Å²) in [6.07, 6.45) is 6.76. The van der Waals surface area contributed by atoms with Crippen LogP contribution in [-0.2, 0) is 0 Å². The molecule has 2 nitrogen and oxygen atoms in total. The second-order valence-electron chi connectivity index (χ2n) is 5.43. The van der Waals surface area contributed by atoms with Crippen molar-refractivity contribution in [2.45, 2.75) is 58.9 Å². The minimum atomic E-state index is 0.612. The van der Waals surface area contributed by atoms with Crippen LogP contribution >= 0.6 is 0 Å². The number of rotatable bonds is 5. The van der Waals surface area contributed by atoms with Gasteiger partial charge in [-0.25, -0.2) is 0 Å². The van der Waals surface area contributed by atoms with Gasteiger partial charge in [-0.2, -0.15) is 0 Å². The van der Waals surface area contributed by atoms with Gasteiger partial charge in [0.2, 0.25) is 0 Å². The summed E-state index contributed by atoms with van der Waals surface area (Å²) in [5, 5.41) is 0. The number of hydrogen-bond acceptors (Lipinski definition) is 2. The number of likely N-dealkylation sites (tertiary alicyclic amines) is 1. The lowest BCUT2D eigenvalue weighted by molar-refractivity contribution is 0.153. The third-order valence-corrected chi connectivity index (χ3v) is 4.47. The zero-order valence-corrected chi connectivity index (χ0v) is 11.4. The fourth-order valence-corrected chi connectivity index (χ4v) is 2.94. The molecule has 1 fully saturated rings. The molecule has 0 aromatic carbocycles. The van der Waals surface area contributed by atoms with Gasteiger partial charge in [0.25, 0.3) is 0 Å². The van der Waals surface area contributed by atoms with Gasteiger partial charge < -0.3 is 5.73 Å². The summed E-state index contributed by atoms with van der Waals surface area (Å²) in [6, 6.07) is 0.612. The van der Waals surface area contributed by atoms with Crippen LogP contribution in [0.4, 0.5) is 0 Å². The minimum Gasteiger partial charge on any atom is -0.329 e. The van der Waals surface area contributed by atoms with Crippen molar-refractivity contribution in [2.24, 2.45) is 17.6 Å². The molecule has 1 aliphatic heterocycles. The molecule has 2 N–H and O–H groups in total. The van der Waals surface area contributed by atoms with E-state index in [-0.39, 0.29) is 0 Å². The van der Waals surface area contributed by atoms with Crippen LogP contribution in [0.15, 0.2) is 0 Å². The standard InChI is InChI=1S/C14H30N2/c1-4-12(3)14(11-15)16-9-6-7-13(5-2)8-10-16/h12-14H,4-11,15H2,1-3H3. The molecule has 3 unspecified atom stereocenters. The Morgan fingerprint density at radius 1 is 1.25 bits per heavy atom. The topological polar surface area (TPSA) is 29.3 Å². The molecule has 0 amide bonds. The highest BCUT2D eigenvalue weighted by Crippen LogP contribution is 2.23. The number of nitrogens with two attached hydrogens (primary N) is 1. The van der Waals surface area contributed by atoms with Crippen LogP contribution in [0.25, 0.3) is 0 Å². The molecule has 0 aliphatic carbocycles. The zero-order chi connectivity index (χ0) is 12.0. The molecule has 1 rings (SSSR count). The Balaban J connectivity index is 2.51. The average molecular weight is 226 g/mol. The van der Waals surface area contributed by atoms with Gasteiger partial charge in [-0.1, -0.05) is 33.6 Å². The minimum absolute atomic E-state index is 0.612. The molecule has 16 heavy (non-hydrogen) atoms. The summed E-state index contributed by atoms with van der Waals surface area (Å²) < 4.78 is 0. The van der Waals surface area contributed by atoms with Gasteiger partial charge >= 0.3 is 0 Å². The smallest absolute Gasteiger partial charge is 0.0243 e. The van der Waals surface area contributed by atoms with Gasteiger partial charge in [0.15, 0.2) is 0 Å². The average Bonchev–Trinajstić information content (AvgIpc) is 2.55. The Bertz CT molecular complexity index is 182. The van der Waals surface area contributed by atoms with E-state index in [1.807, 2.05) is 0 Å². The molecule has 1 heterocycles. The SMILES string of the molecule is CCC1CCCN(C(CN)C(C)CC)CC1. The first kappa shape index (κ1) is 14.0. The van der Waals surface area contributed by atoms with E-state index in [4.69, 9.17) is 5.73 Å². The maximum atomic E-state index is 5.96. The fraction of sp³-hybridized carbons (Fsp3) is 1.00. The second-order valence-corrected chi connectivity index (χ2v) is 5.43. The molecule has 0 saturated carbocycles. The first-order valence-electron chi connectivity index (χ1n) is 7.17. The van der Waals surface area contributed by atoms with Crippen LogP contribution < -0.4 is 5.73 Å². The van der Waals surface area contributed by atoms with E-state index in [2.05, 4.69) is 25.7 Å². The van der Waals surface area contributed by atoms with E-state index in [1.54, 1.807) is 0 Å². The predicted molar refractivity (Wildman–Crippen MR) is 71.5 cm³/mol. The third-order valence-electron chi connectivity index (χ3n) is 4.47. The quantitative estimate of drug-likeness (QED) is 0.781. The van der Waals surface area contributed by atoms with Crippen LogP contribution in [0.5, 0.6) is 0 Å². The number of hydrogen-bond donors (Lipinski definition) is 1. The Morgan fingerprint density at radius 2 is 2.00 bits per heavy atom. The normalized spacial score (nSPS) is 27.4. The van der Waals surface area contributed by atoms with Gasteiger partial charge in [-0.05, 0) is 44.2 Å². The number of nitrogens with zero attached hydrogens (tertiary/aromatic N) is 1. The van der Waals surface area contributed by atoms with Crippen LogP contribution in [0.3, 0.4) is 0 Å². The van der Waals surface area contributed by atoms with Crippen molar-refractivity contribution >= 4 is 0 Å². The van der Waals surface area contributed by atoms with Crippen LogP contribution in [0.2, 0.25) is 0 Å². The van der Waals surface area contributed by atoms with E-state index < -0.39 is 0 Å². The molecular formula is C14H30N2. The van der Waals surface area contributed by atoms with Gasteiger partial charge in [-0.15, -0.1) is 0 Å². The van der Waals surface area contributed by atoms with Crippen molar-refractivity contribution in [3.63, 3.8) is 0 Å². The summed E-state index contributed by atoms with van der Waals surface area (Å²) >= 11 is 0. The van der Waals surface area contributed by atoms with Crippen molar-refractivity contribution in [3.05, 3.63) is 0 Å². The van der Waals surface area contributed by atoms with E-state index in [1.165, 1.54) is 45.2 Å². The second kappa shape index (κ2) is 7.29. The van der Waals surface area contributed by atoms with E-state index in [0.717, 1.165) is 18.4 Å². The maximum Gasteiger partial charge on any atom is 0.0243 e. The summed E-state index contributed by atoms with van der Waals surface area (Å²) in [5.74, 6) is 1.70. The van der Waals surface area contributed by atoms with E-state index in [9.17, 15) is 0 Å². The highest BCUT2D eigenvalue weighted by molar-refractivity contribution is 4.80. The summed E-state index contributed by atoms with van der Waals surface area (Å²) in [6.45, 7) is 10.3. The van der Waals surface area contributed by atoms with Gasteiger partial charge in [0.05, 0.1) is 0 Å². The van der Waals surface area contributed by atoms with Crippen molar-refractivity contribution < 1.29 is 0 Å². The lowest BCUT2D eigenvalue weighted by Crippen LogP contribution is -2.45. The van der Waals surface area contributed by atoms with Crippen LogP contribution in [-0.4, -0.2) is 30.6 Å². The van der Waals surface area contributed by atoms with Gasteiger partial charge in [-0.3, -0.25) is 4.90 Å². The molecule has 1 saturated heterocycles. The summed E-state index contributed by atoms with van der Waals surface area (Å²) in [7, 11) is 0. The van der Waals surface area contributed by atoms with E-state index in [0.29, 0.717) is 6.04 Å². The molecule has 1 aliphatic rings. The zero-order valence-electron chi connectivity index (χ0n) is 11.4. The van der Waals surface area contributed by atoms with Crippen molar-refractivity contribution in [1.82, 2.24) is 4.90 Å². The molecule has 96 valence electrons. The Hall–Kier alpha value is -0.0800. The summed E-state index contributed by atoms with van der Waals surface area (Å²) in [4.78, 5) is 2.66. The molecular weight excluding hydrogens is 196 g/mol. The van der Waals surface area contributed by atoms with Gasteiger partial charge in [0, 0.05) is 12.6 Å². The predicted octanol–water partition coefficient (Wildman–Crippen LogP) is 2.87. The van der Waals surface area contributed by atoms with Crippen LogP contribution in [0.1, 0.15) is 52.9 Å². The largest absolute Gasteiger partial charge is 0.329 e. The Kier molecular flexibility index (Phi) is 6.37. The first-order chi connectivity index (χ1) is 7.72. The molecule has 0 spiro atoms. The molecule has 0 aromatic rings. The highest BCUT2D eigenvalue weighted by atomic mass is 15.2. The molecule has 0 radical (unpaired) electrons. The molecule has 2 heteroatoms. The molecule has 0 aromatic heterocycles. The highest BCUT2D eigenvalue weighted by Gasteiger charge is 2.24. The third kappa shape index (κ3) is 3.74. The van der Waals surface area contributed by atoms with Gasteiger partial charge in [0.1, 0.15) is 0 Å². The molecule has 3 atom stereocenters. The monoisotopic (exact) mass is 226 g/mol. The van der Waals surface area contributed by atoms with Crippen molar-refractivity contribution in [3.8, 4) is 0 Å². The summed E-state index contributed by atoms with van der Waals surface area (Å²) in [5.41, 5.74) is 5.96. The maximum absolute atomic E-state index is 5.96. The van der Waals surface area contributed by atoms with E-state index >= 15 is 0 Å². The first-order valence-corrected chi connectivity index (χ1v) is 7.17. The fourth-order valence-electron chi connectivity index (χ4n) is 2.94. The Labute approximate surface area is 102 Å². The van der Waals surface area contributed by atoms with Crippen molar-refractivity contribution in [2.75, 3.05) is 19.6 Å². The lowest BCUT2D eigenvalue weighted by atomic mass is 9.97.